The summed E-state index contributed by atoms with van der Waals surface area (Å²) in [6.07, 6.45) is -2.19. The normalized spacial score (nSPS) is 26.9. The molecule has 6 nitrogen and oxygen atoms in total. The summed E-state index contributed by atoms with van der Waals surface area (Å²) < 4.78 is 1.12. The number of anilines is 1. The number of aliphatic imine (C=N–C) groups is 1. The Morgan fingerprint density at radius 1 is 1.17 bits per heavy atom. The third kappa shape index (κ3) is 2.91. The molecule has 0 spiro atoms. The zero-order valence-electron chi connectivity index (χ0n) is 9.42. The van der Waals surface area contributed by atoms with E-state index in [0.717, 1.165) is 9.26 Å². The maximum absolute atomic E-state index is 9.69. The Labute approximate surface area is 118 Å². The molecule has 0 aromatic heterocycles. The van der Waals surface area contributed by atoms with Crippen LogP contribution < -0.4 is 10.9 Å². The van der Waals surface area contributed by atoms with E-state index in [2.05, 4.69) is 38.4 Å². The van der Waals surface area contributed by atoms with Crippen LogP contribution in [0.1, 0.15) is 0 Å². The van der Waals surface area contributed by atoms with Gasteiger partial charge in [-0.2, -0.15) is 0 Å². The predicted molar refractivity (Wildman–Crippen MR) is 76.2 cm³/mol. The van der Waals surface area contributed by atoms with E-state index in [4.69, 9.17) is 5.11 Å². The molecule has 0 saturated heterocycles. The highest BCUT2D eigenvalue weighted by Crippen LogP contribution is 2.14. The monoisotopic (exact) mass is 363 g/mol. The molecule has 0 radical (unpaired) electrons. The second-order valence-electron chi connectivity index (χ2n) is 3.96. The Kier molecular flexibility index (Phi) is 4.38. The topological polar surface area (TPSA) is 97.1 Å². The lowest BCUT2D eigenvalue weighted by Crippen LogP contribution is -2.42. The first-order chi connectivity index (χ1) is 8.61. The smallest absolute Gasteiger partial charge is 0.147 e. The van der Waals surface area contributed by atoms with E-state index >= 15 is 0 Å². The molecule has 0 bridgehead atoms. The molecule has 0 saturated carbocycles. The average molecular weight is 363 g/mol. The van der Waals surface area contributed by atoms with Crippen LogP contribution in [0.25, 0.3) is 0 Å². The van der Waals surface area contributed by atoms with E-state index in [0.29, 0.717) is 0 Å². The summed E-state index contributed by atoms with van der Waals surface area (Å²) >= 11 is 2.20. The SMILES string of the molecule is OC[C@H]1N=C(NNc2ccc(I)cc2)[C@H](O)[C@@H]1O. The first-order valence-electron chi connectivity index (χ1n) is 5.44. The molecular formula is C11H14IN3O3. The van der Waals surface area contributed by atoms with E-state index in [-0.39, 0.29) is 12.4 Å². The number of nitrogens with one attached hydrogen (secondary N) is 2. The van der Waals surface area contributed by atoms with E-state index in [9.17, 15) is 10.2 Å². The van der Waals surface area contributed by atoms with Gasteiger partial charge in [0.25, 0.3) is 0 Å². The second-order valence-corrected chi connectivity index (χ2v) is 5.20. The molecule has 7 heteroatoms. The molecule has 1 aliphatic rings. The molecule has 3 atom stereocenters. The lowest BCUT2D eigenvalue weighted by Gasteiger charge is -2.15. The highest BCUT2D eigenvalue weighted by Gasteiger charge is 2.36. The first-order valence-corrected chi connectivity index (χ1v) is 6.52. The molecule has 1 aromatic carbocycles. The summed E-state index contributed by atoms with van der Waals surface area (Å²) in [6, 6.07) is 6.93. The number of nitrogens with zero attached hydrogens (tertiary/aromatic N) is 1. The van der Waals surface area contributed by atoms with Gasteiger partial charge in [0.2, 0.25) is 0 Å². The molecule has 1 heterocycles. The van der Waals surface area contributed by atoms with Gasteiger partial charge in [0.05, 0.1) is 12.3 Å². The number of hydrogen-bond acceptors (Lipinski definition) is 6. The minimum absolute atomic E-state index is 0.222. The predicted octanol–water partition coefficient (Wildman–Crippen LogP) is -0.298. The van der Waals surface area contributed by atoms with Gasteiger partial charge in [-0.3, -0.25) is 15.8 Å². The summed E-state index contributed by atoms with van der Waals surface area (Å²) in [7, 11) is 0. The number of benzene rings is 1. The van der Waals surface area contributed by atoms with Crippen LogP contribution in [0.3, 0.4) is 0 Å². The molecule has 1 aromatic rings. The van der Waals surface area contributed by atoms with Gasteiger partial charge in [0.15, 0.2) is 0 Å². The molecule has 18 heavy (non-hydrogen) atoms. The number of hydrazine groups is 1. The lowest BCUT2D eigenvalue weighted by atomic mass is 10.1. The van der Waals surface area contributed by atoms with Crippen molar-refractivity contribution < 1.29 is 15.3 Å². The van der Waals surface area contributed by atoms with E-state index in [1.54, 1.807) is 0 Å². The minimum atomic E-state index is -1.11. The quantitative estimate of drug-likeness (QED) is 0.376. The standard InChI is InChI=1S/C11H14IN3O3/c12-6-1-3-7(4-2-6)14-15-11-10(18)9(17)8(5-16)13-11/h1-4,8-10,14,16-18H,5H2,(H,13,15)/t8-,9-,10-/m1/s1. The largest absolute Gasteiger partial charge is 0.394 e. The van der Waals surface area contributed by atoms with Gasteiger partial charge in [0.1, 0.15) is 24.1 Å². The van der Waals surface area contributed by atoms with Crippen LogP contribution in [0, 0.1) is 3.57 Å². The van der Waals surface area contributed by atoms with Crippen molar-refractivity contribution in [2.75, 3.05) is 12.0 Å². The summed E-state index contributed by atoms with van der Waals surface area (Å²) in [5.41, 5.74) is 6.42. The van der Waals surface area contributed by atoms with Crippen molar-refractivity contribution in [2.24, 2.45) is 4.99 Å². The fraction of sp³-hybridized carbons (Fsp3) is 0.364. The second kappa shape index (κ2) is 5.83. The Bertz CT molecular complexity index is 438. The molecule has 98 valence electrons. The lowest BCUT2D eigenvalue weighted by molar-refractivity contribution is 0.0398. The van der Waals surface area contributed by atoms with Crippen LogP contribution >= 0.6 is 22.6 Å². The van der Waals surface area contributed by atoms with Gasteiger partial charge in [-0.1, -0.05) is 0 Å². The Morgan fingerprint density at radius 2 is 1.83 bits per heavy atom. The summed E-state index contributed by atoms with van der Waals surface area (Å²) in [4.78, 5) is 3.99. The van der Waals surface area contributed by atoms with Crippen molar-refractivity contribution in [3.63, 3.8) is 0 Å². The van der Waals surface area contributed by atoms with Crippen LogP contribution in [0.4, 0.5) is 5.69 Å². The maximum Gasteiger partial charge on any atom is 0.147 e. The summed E-state index contributed by atoms with van der Waals surface area (Å²) in [5.74, 6) is 0.222. The highest BCUT2D eigenvalue weighted by molar-refractivity contribution is 14.1. The average Bonchev–Trinajstić information content (AvgIpc) is 2.65. The Hall–Kier alpha value is -0.900. The number of hydrogen-bond donors (Lipinski definition) is 5. The van der Waals surface area contributed by atoms with Crippen LogP contribution in [0.2, 0.25) is 0 Å². The van der Waals surface area contributed by atoms with Crippen LogP contribution in [-0.2, 0) is 0 Å². The van der Waals surface area contributed by atoms with Gasteiger partial charge < -0.3 is 15.3 Å². The fourth-order valence-electron chi connectivity index (χ4n) is 1.63. The van der Waals surface area contributed by atoms with Gasteiger partial charge in [-0.25, -0.2) is 0 Å². The maximum atomic E-state index is 9.69. The van der Waals surface area contributed by atoms with Gasteiger partial charge in [0, 0.05) is 3.57 Å². The number of amidine groups is 1. The van der Waals surface area contributed by atoms with E-state index in [1.165, 1.54) is 0 Å². The van der Waals surface area contributed by atoms with E-state index in [1.807, 2.05) is 24.3 Å². The van der Waals surface area contributed by atoms with Crippen LogP contribution in [0.15, 0.2) is 29.3 Å². The molecule has 5 N–H and O–H groups in total. The van der Waals surface area contributed by atoms with Crippen molar-refractivity contribution in [1.29, 1.82) is 0 Å². The molecule has 0 unspecified atom stereocenters. The number of rotatable bonds is 3. The van der Waals surface area contributed by atoms with Crippen molar-refractivity contribution in [3.8, 4) is 0 Å². The molecule has 2 rings (SSSR count). The fourth-order valence-corrected chi connectivity index (χ4v) is 1.99. The third-order valence-electron chi connectivity index (χ3n) is 2.67. The van der Waals surface area contributed by atoms with Crippen molar-refractivity contribution >= 4 is 34.1 Å². The number of aliphatic hydroxyl groups is 3. The van der Waals surface area contributed by atoms with Gasteiger partial charge >= 0.3 is 0 Å². The van der Waals surface area contributed by atoms with Gasteiger partial charge in [-0.15, -0.1) is 0 Å². The molecular weight excluding hydrogens is 349 g/mol. The Balaban J connectivity index is 1.96. The molecule has 1 aliphatic heterocycles. The van der Waals surface area contributed by atoms with Crippen molar-refractivity contribution in [2.45, 2.75) is 18.2 Å². The first kappa shape index (κ1) is 13.5. The summed E-state index contributed by atoms with van der Waals surface area (Å²) in [5, 5.41) is 28.2. The highest BCUT2D eigenvalue weighted by atomic mass is 127. The minimum Gasteiger partial charge on any atom is -0.394 e. The molecule has 0 amide bonds. The zero-order chi connectivity index (χ0) is 13.1. The van der Waals surface area contributed by atoms with Crippen LogP contribution in [0.5, 0.6) is 0 Å². The van der Waals surface area contributed by atoms with E-state index < -0.39 is 18.2 Å². The number of halogens is 1. The third-order valence-corrected chi connectivity index (χ3v) is 3.39. The summed E-state index contributed by atoms with van der Waals surface area (Å²) in [6.45, 7) is -0.299. The van der Waals surface area contributed by atoms with Crippen LogP contribution in [-0.4, -0.2) is 46.0 Å². The molecule has 0 aliphatic carbocycles. The zero-order valence-corrected chi connectivity index (χ0v) is 11.6. The Morgan fingerprint density at radius 3 is 2.39 bits per heavy atom. The van der Waals surface area contributed by atoms with Crippen molar-refractivity contribution in [3.05, 3.63) is 27.8 Å². The molecule has 0 fully saturated rings. The number of aliphatic hydroxyl groups excluding tert-OH is 3. The van der Waals surface area contributed by atoms with Crippen molar-refractivity contribution in [1.82, 2.24) is 5.43 Å². The van der Waals surface area contributed by atoms with Gasteiger partial charge in [-0.05, 0) is 46.9 Å².